The van der Waals surface area contributed by atoms with Crippen molar-refractivity contribution >= 4 is 29.9 Å². The molecular weight excluding hydrogens is 441 g/mol. The molecule has 0 radical (unpaired) electrons. The van der Waals surface area contributed by atoms with Crippen molar-refractivity contribution in [2.24, 2.45) is 4.99 Å². The average molecular weight is 471 g/mol. The highest BCUT2D eigenvalue weighted by Crippen LogP contribution is 2.15. The molecule has 1 aromatic heterocycles. The highest BCUT2D eigenvalue weighted by molar-refractivity contribution is 14.0. The lowest BCUT2D eigenvalue weighted by Gasteiger charge is -2.24. The number of guanidine groups is 1. The number of methoxy groups -OCH3 is 1. The molecule has 144 valence electrons. The molecule has 0 atom stereocenters. The Morgan fingerprint density at radius 1 is 1.23 bits per heavy atom. The van der Waals surface area contributed by atoms with E-state index < -0.39 is 0 Å². The zero-order valence-electron chi connectivity index (χ0n) is 16.2. The van der Waals surface area contributed by atoms with Crippen LogP contribution in [0.1, 0.15) is 32.0 Å². The van der Waals surface area contributed by atoms with Crippen LogP contribution in [0.2, 0.25) is 0 Å². The van der Waals surface area contributed by atoms with E-state index in [4.69, 9.17) is 9.73 Å². The summed E-state index contributed by atoms with van der Waals surface area (Å²) in [5.74, 6) is 0.777. The number of rotatable bonds is 7. The second-order valence-corrected chi connectivity index (χ2v) is 6.54. The molecule has 0 aliphatic heterocycles. The first kappa shape index (κ1) is 22.4. The first-order valence-corrected chi connectivity index (χ1v) is 8.63. The van der Waals surface area contributed by atoms with Gasteiger partial charge in [-0.2, -0.15) is 5.10 Å². The SMILES string of the molecule is CCNC(=NCc1ccccc1-n1ccc(C)n1)NCC(C)(C)OC.I. The molecule has 1 heterocycles. The number of aromatic nitrogens is 2. The third kappa shape index (κ3) is 6.60. The normalized spacial score (nSPS) is 11.8. The fourth-order valence-corrected chi connectivity index (χ4v) is 2.29. The van der Waals surface area contributed by atoms with E-state index in [0.717, 1.165) is 29.4 Å². The van der Waals surface area contributed by atoms with Gasteiger partial charge in [-0.25, -0.2) is 9.67 Å². The monoisotopic (exact) mass is 471 g/mol. The van der Waals surface area contributed by atoms with Gasteiger partial charge in [0, 0.05) is 26.4 Å². The van der Waals surface area contributed by atoms with Crippen LogP contribution in [-0.2, 0) is 11.3 Å². The van der Waals surface area contributed by atoms with Crippen molar-refractivity contribution in [1.29, 1.82) is 0 Å². The largest absolute Gasteiger partial charge is 0.377 e. The van der Waals surface area contributed by atoms with E-state index in [9.17, 15) is 0 Å². The van der Waals surface area contributed by atoms with Crippen LogP contribution in [0.5, 0.6) is 0 Å². The fourth-order valence-electron chi connectivity index (χ4n) is 2.29. The summed E-state index contributed by atoms with van der Waals surface area (Å²) in [6.45, 7) is 10.2. The van der Waals surface area contributed by atoms with Gasteiger partial charge in [0.05, 0.1) is 23.5 Å². The maximum Gasteiger partial charge on any atom is 0.191 e. The summed E-state index contributed by atoms with van der Waals surface area (Å²) >= 11 is 0. The van der Waals surface area contributed by atoms with E-state index >= 15 is 0 Å². The first-order chi connectivity index (χ1) is 11.9. The minimum Gasteiger partial charge on any atom is -0.377 e. The Bertz CT molecular complexity index is 711. The second kappa shape index (κ2) is 10.5. The predicted octanol–water partition coefficient (Wildman–Crippen LogP) is 3.28. The summed E-state index contributed by atoms with van der Waals surface area (Å²) in [5.41, 5.74) is 2.91. The molecule has 0 aliphatic rings. The number of ether oxygens (including phenoxy) is 1. The molecule has 7 heteroatoms. The number of para-hydroxylation sites is 1. The van der Waals surface area contributed by atoms with Gasteiger partial charge in [-0.3, -0.25) is 0 Å². The summed E-state index contributed by atoms with van der Waals surface area (Å²) in [7, 11) is 1.72. The number of benzene rings is 1. The molecule has 0 saturated heterocycles. The molecule has 0 spiro atoms. The fraction of sp³-hybridized carbons (Fsp3) is 0.474. The summed E-state index contributed by atoms with van der Waals surface area (Å²) in [6.07, 6.45) is 1.97. The minimum absolute atomic E-state index is 0. The number of hydrogen-bond acceptors (Lipinski definition) is 3. The molecule has 1 aromatic carbocycles. The quantitative estimate of drug-likeness (QED) is 0.370. The number of nitrogens with one attached hydrogen (secondary N) is 2. The third-order valence-corrected chi connectivity index (χ3v) is 3.95. The predicted molar refractivity (Wildman–Crippen MR) is 118 cm³/mol. The molecule has 2 N–H and O–H groups in total. The topological polar surface area (TPSA) is 63.5 Å². The van der Waals surface area contributed by atoms with Gasteiger partial charge in [0.15, 0.2) is 5.96 Å². The standard InChI is InChI=1S/C19H29N5O.HI/c1-6-20-18(22-14-19(3,4)25-5)21-13-16-9-7-8-10-17(16)24-12-11-15(2)23-24;/h7-12H,6,13-14H2,1-5H3,(H2,20,21,22);1H. The lowest BCUT2D eigenvalue weighted by atomic mass is 10.1. The smallest absolute Gasteiger partial charge is 0.191 e. The lowest BCUT2D eigenvalue weighted by molar-refractivity contribution is 0.0268. The van der Waals surface area contributed by atoms with Crippen molar-refractivity contribution in [2.45, 2.75) is 39.8 Å². The highest BCUT2D eigenvalue weighted by Gasteiger charge is 2.16. The van der Waals surface area contributed by atoms with E-state index in [-0.39, 0.29) is 29.6 Å². The van der Waals surface area contributed by atoms with E-state index in [1.54, 1.807) is 7.11 Å². The van der Waals surface area contributed by atoms with Crippen LogP contribution in [0.15, 0.2) is 41.5 Å². The average Bonchev–Trinajstić information content (AvgIpc) is 3.04. The van der Waals surface area contributed by atoms with Crippen LogP contribution < -0.4 is 10.6 Å². The van der Waals surface area contributed by atoms with Gasteiger partial charge >= 0.3 is 0 Å². The van der Waals surface area contributed by atoms with Crippen LogP contribution in [0, 0.1) is 6.92 Å². The Kier molecular flexibility index (Phi) is 9.07. The first-order valence-electron chi connectivity index (χ1n) is 8.63. The zero-order chi connectivity index (χ0) is 18.3. The molecule has 0 bridgehead atoms. The van der Waals surface area contributed by atoms with E-state index in [0.29, 0.717) is 13.1 Å². The van der Waals surface area contributed by atoms with Crippen LogP contribution in [-0.4, -0.2) is 41.5 Å². The third-order valence-electron chi connectivity index (χ3n) is 3.95. The summed E-state index contributed by atoms with van der Waals surface area (Å²) < 4.78 is 7.35. The van der Waals surface area contributed by atoms with Crippen LogP contribution in [0.25, 0.3) is 5.69 Å². The van der Waals surface area contributed by atoms with Crippen LogP contribution in [0.4, 0.5) is 0 Å². The Morgan fingerprint density at radius 3 is 2.58 bits per heavy atom. The van der Waals surface area contributed by atoms with Crippen molar-refractivity contribution in [3.63, 3.8) is 0 Å². The molecular formula is C19H30IN5O. The molecule has 0 aliphatic carbocycles. The van der Waals surface area contributed by atoms with Gasteiger partial charge in [0.1, 0.15) is 0 Å². The molecule has 0 amide bonds. The Balaban J connectivity index is 0.00000338. The van der Waals surface area contributed by atoms with Crippen LogP contribution in [0.3, 0.4) is 0 Å². The number of hydrogen-bond donors (Lipinski definition) is 2. The molecule has 2 rings (SSSR count). The van der Waals surface area contributed by atoms with Gasteiger partial charge in [-0.1, -0.05) is 18.2 Å². The van der Waals surface area contributed by atoms with Gasteiger partial charge in [-0.05, 0) is 45.4 Å². The van der Waals surface area contributed by atoms with E-state index in [1.807, 2.05) is 49.8 Å². The Hall–Kier alpha value is -1.61. The summed E-state index contributed by atoms with van der Waals surface area (Å²) in [6, 6.07) is 10.2. The Morgan fingerprint density at radius 2 is 1.96 bits per heavy atom. The van der Waals surface area contributed by atoms with Crippen molar-refractivity contribution in [3.05, 3.63) is 47.8 Å². The number of nitrogens with zero attached hydrogens (tertiary/aromatic N) is 3. The minimum atomic E-state index is -0.249. The Labute approximate surface area is 173 Å². The van der Waals surface area contributed by atoms with Crippen molar-refractivity contribution in [3.8, 4) is 5.69 Å². The molecule has 0 saturated carbocycles. The molecule has 0 fully saturated rings. The molecule has 0 unspecified atom stereocenters. The van der Waals surface area contributed by atoms with Gasteiger partial charge in [0.25, 0.3) is 0 Å². The van der Waals surface area contributed by atoms with E-state index in [2.05, 4.69) is 34.8 Å². The maximum absolute atomic E-state index is 5.45. The van der Waals surface area contributed by atoms with Gasteiger partial charge in [0.2, 0.25) is 0 Å². The number of halogens is 1. The molecule has 6 nitrogen and oxygen atoms in total. The van der Waals surface area contributed by atoms with Crippen LogP contribution >= 0.6 is 24.0 Å². The molecule has 26 heavy (non-hydrogen) atoms. The maximum atomic E-state index is 5.45. The van der Waals surface area contributed by atoms with Gasteiger partial charge in [-0.15, -0.1) is 24.0 Å². The highest BCUT2D eigenvalue weighted by atomic mass is 127. The van der Waals surface area contributed by atoms with Gasteiger partial charge < -0.3 is 15.4 Å². The zero-order valence-corrected chi connectivity index (χ0v) is 18.6. The second-order valence-electron chi connectivity index (χ2n) is 6.54. The lowest BCUT2D eigenvalue weighted by Crippen LogP contribution is -2.45. The number of aryl methyl sites for hydroxylation is 1. The van der Waals surface area contributed by atoms with E-state index in [1.165, 1.54) is 0 Å². The van der Waals surface area contributed by atoms with Crippen molar-refractivity contribution in [2.75, 3.05) is 20.2 Å². The van der Waals surface area contributed by atoms with Crippen molar-refractivity contribution < 1.29 is 4.74 Å². The summed E-state index contributed by atoms with van der Waals surface area (Å²) in [5, 5.41) is 11.1. The number of aliphatic imine (C=N–C) groups is 1. The summed E-state index contributed by atoms with van der Waals surface area (Å²) in [4.78, 5) is 4.71. The van der Waals surface area contributed by atoms with Crippen molar-refractivity contribution in [1.82, 2.24) is 20.4 Å². The molecule has 2 aromatic rings.